The topological polar surface area (TPSA) is 126 Å². The van der Waals surface area contributed by atoms with Crippen molar-refractivity contribution in [3.63, 3.8) is 0 Å². The van der Waals surface area contributed by atoms with Crippen LogP contribution in [0, 0.1) is 0 Å². The van der Waals surface area contributed by atoms with Crippen molar-refractivity contribution in [3.8, 4) is 0 Å². The molecule has 0 radical (unpaired) electrons. The number of benzene rings is 1. The molecule has 3 amide bonds. The molecule has 3 aliphatic heterocycles. The van der Waals surface area contributed by atoms with E-state index >= 15 is 0 Å². The molecular weight excluding hydrogens is 410 g/mol. The maximum absolute atomic E-state index is 13.3. The fraction of sp³-hybridized carbons (Fsp3) is 0.500. The summed E-state index contributed by atoms with van der Waals surface area (Å²) in [4.78, 5) is 41.1. The standard InChI is InChI=1S/C22H27N7O3/c23-9-16-12-29(26-25-16)17-5-2-8-27(13-17)10-14-3-1-4-15-11-28(22(32)20(14)15)18-6-7-19(30)24-21(18)31/h1,3-4,12,17-18H,2,5-11,13,23H2,(H,24,30,31). The quantitative estimate of drug-likeness (QED) is 0.646. The van der Waals surface area contributed by atoms with Gasteiger partial charge in [0, 0.05) is 38.2 Å². The van der Waals surface area contributed by atoms with Crippen molar-refractivity contribution in [2.24, 2.45) is 5.73 Å². The van der Waals surface area contributed by atoms with E-state index in [-0.39, 0.29) is 30.2 Å². The predicted octanol–water partition coefficient (Wildman–Crippen LogP) is 0.335. The molecule has 10 heteroatoms. The first-order valence-corrected chi connectivity index (χ1v) is 11.1. The van der Waals surface area contributed by atoms with Crippen LogP contribution in [0.15, 0.2) is 24.4 Å². The molecule has 10 nitrogen and oxygen atoms in total. The predicted molar refractivity (Wildman–Crippen MR) is 114 cm³/mol. The Kier molecular flexibility index (Phi) is 5.48. The highest BCUT2D eigenvalue weighted by Gasteiger charge is 2.40. The Bertz CT molecular complexity index is 1070. The van der Waals surface area contributed by atoms with Gasteiger partial charge >= 0.3 is 0 Å². The van der Waals surface area contributed by atoms with Crippen molar-refractivity contribution in [1.29, 1.82) is 0 Å². The molecule has 2 fully saturated rings. The van der Waals surface area contributed by atoms with Gasteiger partial charge in [-0.05, 0) is 36.9 Å². The molecule has 2 aromatic rings. The Hall–Kier alpha value is -3.11. The Labute approximate surface area is 185 Å². The Morgan fingerprint density at radius 3 is 2.84 bits per heavy atom. The highest BCUT2D eigenvalue weighted by atomic mass is 16.2. The number of hydrogen-bond donors (Lipinski definition) is 2. The SMILES string of the molecule is NCc1cn(C2CCCN(Cc3cccc4c3C(=O)N(C3CCC(=O)NC3=O)C4)C2)nn1. The van der Waals surface area contributed by atoms with Gasteiger partial charge < -0.3 is 10.6 Å². The Morgan fingerprint density at radius 1 is 1.19 bits per heavy atom. The maximum atomic E-state index is 13.3. The van der Waals surface area contributed by atoms with Gasteiger partial charge in [0.2, 0.25) is 11.8 Å². The normalized spacial score (nSPS) is 24.0. The number of nitrogens with one attached hydrogen (secondary N) is 1. The molecule has 2 saturated heterocycles. The zero-order valence-electron chi connectivity index (χ0n) is 17.9. The first-order chi connectivity index (χ1) is 15.5. The number of nitrogens with zero attached hydrogens (tertiary/aromatic N) is 5. The smallest absolute Gasteiger partial charge is 0.255 e. The summed E-state index contributed by atoms with van der Waals surface area (Å²) in [5.41, 5.74) is 9.06. The lowest BCUT2D eigenvalue weighted by Gasteiger charge is -2.33. The zero-order chi connectivity index (χ0) is 22.2. The minimum absolute atomic E-state index is 0.123. The van der Waals surface area contributed by atoms with E-state index in [9.17, 15) is 14.4 Å². The number of likely N-dealkylation sites (tertiary alicyclic amines) is 1. The van der Waals surface area contributed by atoms with Gasteiger partial charge in [-0.1, -0.05) is 23.4 Å². The van der Waals surface area contributed by atoms with Crippen molar-refractivity contribution >= 4 is 17.7 Å². The molecule has 5 rings (SSSR count). The number of carbonyl (C=O) groups excluding carboxylic acids is 3. The van der Waals surface area contributed by atoms with E-state index in [2.05, 4.69) is 20.5 Å². The van der Waals surface area contributed by atoms with Crippen LogP contribution in [-0.2, 0) is 29.2 Å². The molecular formula is C22H27N7O3. The lowest BCUT2D eigenvalue weighted by molar-refractivity contribution is -0.136. The van der Waals surface area contributed by atoms with Crippen LogP contribution in [0.3, 0.4) is 0 Å². The lowest BCUT2D eigenvalue weighted by atomic mass is 10.0. The van der Waals surface area contributed by atoms with E-state index in [4.69, 9.17) is 5.73 Å². The molecule has 0 spiro atoms. The number of rotatable bonds is 5. The number of carbonyl (C=O) groups is 3. The largest absolute Gasteiger partial charge is 0.325 e. The van der Waals surface area contributed by atoms with Crippen molar-refractivity contribution in [1.82, 2.24) is 30.1 Å². The van der Waals surface area contributed by atoms with Crippen LogP contribution in [0.4, 0.5) is 0 Å². The van der Waals surface area contributed by atoms with Gasteiger partial charge in [-0.25, -0.2) is 4.68 Å². The van der Waals surface area contributed by atoms with Crippen LogP contribution >= 0.6 is 0 Å². The van der Waals surface area contributed by atoms with Crippen LogP contribution in [0.1, 0.15) is 58.9 Å². The molecule has 32 heavy (non-hydrogen) atoms. The Balaban J connectivity index is 1.32. The summed E-state index contributed by atoms with van der Waals surface area (Å²) >= 11 is 0. The summed E-state index contributed by atoms with van der Waals surface area (Å²) in [7, 11) is 0. The van der Waals surface area contributed by atoms with E-state index in [1.54, 1.807) is 4.90 Å². The molecule has 4 heterocycles. The van der Waals surface area contributed by atoms with Gasteiger partial charge in [0.15, 0.2) is 0 Å². The molecule has 1 aromatic carbocycles. The van der Waals surface area contributed by atoms with Gasteiger partial charge in [0.1, 0.15) is 6.04 Å². The molecule has 0 bridgehead atoms. The van der Waals surface area contributed by atoms with Crippen LogP contribution < -0.4 is 11.1 Å². The van der Waals surface area contributed by atoms with E-state index in [1.807, 2.05) is 29.1 Å². The van der Waals surface area contributed by atoms with Gasteiger partial charge in [-0.2, -0.15) is 0 Å². The Morgan fingerprint density at radius 2 is 2.06 bits per heavy atom. The van der Waals surface area contributed by atoms with Gasteiger partial charge in [-0.3, -0.25) is 24.6 Å². The van der Waals surface area contributed by atoms with Crippen LogP contribution in [-0.4, -0.2) is 61.6 Å². The molecule has 0 saturated carbocycles. The monoisotopic (exact) mass is 437 g/mol. The van der Waals surface area contributed by atoms with E-state index in [1.165, 1.54) is 0 Å². The molecule has 2 atom stereocenters. The zero-order valence-corrected chi connectivity index (χ0v) is 17.9. The minimum Gasteiger partial charge on any atom is -0.325 e. The highest BCUT2D eigenvalue weighted by molar-refractivity contribution is 6.05. The second-order valence-corrected chi connectivity index (χ2v) is 8.78. The molecule has 0 aliphatic carbocycles. The van der Waals surface area contributed by atoms with Crippen LogP contribution in [0.25, 0.3) is 0 Å². The molecule has 1 aromatic heterocycles. The maximum Gasteiger partial charge on any atom is 0.255 e. The van der Waals surface area contributed by atoms with Crippen LogP contribution in [0.2, 0.25) is 0 Å². The number of hydrogen-bond acceptors (Lipinski definition) is 7. The third-order valence-electron chi connectivity index (χ3n) is 6.65. The second-order valence-electron chi connectivity index (χ2n) is 8.78. The molecule has 3 aliphatic rings. The number of aromatic nitrogens is 3. The van der Waals surface area contributed by atoms with Crippen molar-refractivity contribution in [2.45, 2.75) is 57.4 Å². The number of imide groups is 1. The third kappa shape index (κ3) is 3.80. The van der Waals surface area contributed by atoms with E-state index in [0.717, 1.165) is 42.8 Å². The number of amides is 3. The van der Waals surface area contributed by atoms with Gasteiger partial charge in [0.25, 0.3) is 5.91 Å². The summed E-state index contributed by atoms with van der Waals surface area (Å²) in [5, 5.41) is 10.7. The highest BCUT2D eigenvalue weighted by Crippen LogP contribution is 2.31. The fourth-order valence-electron chi connectivity index (χ4n) is 5.04. The first kappa shape index (κ1) is 20.8. The van der Waals surface area contributed by atoms with Crippen molar-refractivity contribution < 1.29 is 14.4 Å². The third-order valence-corrected chi connectivity index (χ3v) is 6.65. The van der Waals surface area contributed by atoms with Crippen LogP contribution in [0.5, 0.6) is 0 Å². The summed E-state index contributed by atoms with van der Waals surface area (Å²) in [5.74, 6) is -0.781. The molecule has 168 valence electrons. The van der Waals surface area contributed by atoms with Gasteiger partial charge in [-0.15, -0.1) is 5.10 Å². The number of piperidine rings is 2. The molecule has 2 unspecified atom stereocenters. The van der Waals surface area contributed by atoms with E-state index in [0.29, 0.717) is 31.6 Å². The summed E-state index contributed by atoms with van der Waals surface area (Å²) in [6, 6.07) is 5.55. The summed E-state index contributed by atoms with van der Waals surface area (Å²) in [6.07, 6.45) is 4.60. The summed E-state index contributed by atoms with van der Waals surface area (Å²) in [6.45, 7) is 3.20. The van der Waals surface area contributed by atoms with Crippen molar-refractivity contribution in [3.05, 3.63) is 46.8 Å². The minimum atomic E-state index is -0.594. The summed E-state index contributed by atoms with van der Waals surface area (Å²) < 4.78 is 1.90. The molecule has 3 N–H and O–H groups in total. The average Bonchev–Trinajstić information content (AvgIpc) is 3.40. The van der Waals surface area contributed by atoms with E-state index < -0.39 is 6.04 Å². The van der Waals surface area contributed by atoms with Crippen molar-refractivity contribution in [2.75, 3.05) is 13.1 Å². The fourth-order valence-corrected chi connectivity index (χ4v) is 5.04. The second kappa shape index (κ2) is 8.44. The lowest BCUT2D eigenvalue weighted by Crippen LogP contribution is -2.52. The number of fused-ring (bicyclic) bond motifs is 1. The first-order valence-electron chi connectivity index (χ1n) is 11.1. The van der Waals surface area contributed by atoms with Gasteiger partial charge in [0.05, 0.1) is 17.9 Å². The number of nitrogens with two attached hydrogens (primary N) is 1. The average molecular weight is 438 g/mol.